The molecule has 1 aliphatic rings. The SMILES string of the molecule is CC(C)(C)C1=C(N=[N+]=[N-])C(=O)C(C(C)(C)C)=C(N=[N+]=[N-])C1=O. The number of hydrogen-bond donors (Lipinski definition) is 0. The normalized spacial score (nSPS) is 16.5. The van der Waals surface area contributed by atoms with Crippen LogP contribution >= 0.6 is 0 Å². The van der Waals surface area contributed by atoms with Crippen molar-refractivity contribution in [3.63, 3.8) is 0 Å². The van der Waals surface area contributed by atoms with Crippen LogP contribution in [0.25, 0.3) is 20.9 Å². The van der Waals surface area contributed by atoms with Gasteiger partial charge < -0.3 is 0 Å². The highest BCUT2D eigenvalue weighted by Gasteiger charge is 2.42. The summed E-state index contributed by atoms with van der Waals surface area (Å²) in [5.41, 5.74) is 15.7. The zero-order valence-electron chi connectivity index (χ0n) is 13.5. The lowest BCUT2D eigenvalue weighted by Gasteiger charge is -2.32. The quantitative estimate of drug-likeness (QED) is 0.324. The van der Waals surface area contributed by atoms with Gasteiger partial charge in [-0.2, -0.15) is 0 Å². The van der Waals surface area contributed by atoms with Gasteiger partial charge in [0, 0.05) is 21.0 Å². The van der Waals surface area contributed by atoms with E-state index in [4.69, 9.17) is 11.1 Å². The van der Waals surface area contributed by atoms with Crippen molar-refractivity contribution in [2.75, 3.05) is 0 Å². The van der Waals surface area contributed by atoms with Crippen LogP contribution in [0.3, 0.4) is 0 Å². The molecule has 0 aromatic rings. The molecule has 0 aromatic heterocycles. The fourth-order valence-corrected chi connectivity index (χ4v) is 2.35. The average Bonchev–Trinajstić information content (AvgIpc) is 2.32. The minimum Gasteiger partial charge on any atom is -0.289 e. The van der Waals surface area contributed by atoms with E-state index in [1.807, 2.05) is 0 Å². The highest BCUT2D eigenvalue weighted by Crippen LogP contribution is 2.42. The number of allylic oxidation sites excluding steroid dienone is 2. The first-order valence-electron chi connectivity index (χ1n) is 6.66. The van der Waals surface area contributed by atoms with Crippen LogP contribution in [0.15, 0.2) is 32.8 Å². The first-order chi connectivity index (χ1) is 9.96. The number of hydrogen-bond acceptors (Lipinski definition) is 4. The number of carbonyl (C=O) groups excluding carboxylic acids is 2. The number of nitrogens with zero attached hydrogens (tertiary/aromatic N) is 6. The van der Waals surface area contributed by atoms with Crippen molar-refractivity contribution in [3.8, 4) is 0 Å². The summed E-state index contributed by atoms with van der Waals surface area (Å²) >= 11 is 0. The van der Waals surface area contributed by atoms with Gasteiger partial charge in [-0.25, -0.2) is 0 Å². The Morgan fingerprint density at radius 2 is 1.00 bits per heavy atom. The van der Waals surface area contributed by atoms with Gasteiger partial charge in [0.1, 0.15) is 0 Å². The predicted octanol–water partition coefficient (Wildman–Crippen LogP) is 4.36. The molecule has 0 atom stereocenters. The lowest BCUT2D eigenvalue weighted by atomic mass is 9.72. The third-order valence-electron chi connectivity index (χ3n) is 3.15. The second-order valence-electron chi connectivity index (χ2n) is 6.98. The van der Waals surface area contributed by atoms with Gasteiger partial charge in [0.05, 0.1) is 11.4 Å². The molecular weight excluding hydrogens is 284 g/mol. The molecule has 0 unspecified atom stereocenters. The topological polar surface area (TPSA) is 132 Å². The third-order valence-corrected chi connectivity index (χ3v) is 3.15. The van der Waals surface area contributed by atoms with E-state index in [2.05, 4.69) is 20.1 Å². The van der Waals surface area contributed by atoms with E-state index in [-0.39, 0.29) is 22.5 Å². The standard InChI is InChI=1S/C14H18N6O2/c1-13(2,3)7-9(17-19-15)12(22)8(14(4,5)6)10(11(7)21)18-20-16/h1-6H3. The van der Waals surface area contributed by atoms with Crippen molar-refractivity contribution in [3.05, 3.63) is 43.4 Å². The molecule has 0 aromatic carbocycles. The minimum absolute atomic E-state index is 0.0608. The molecule has 8 nitrogen and oxygen atoms in total. The zero-order chi connectivity index (χ0) is 17.3. The van der Waals surface area contributed by atoms with E-state index in [9.17, 15) is 9.59 Å². The van der Waals surface area contributed by atoms with Gasteiger partial charge in [0.2, 0.25) is 0 Å². The fraction of sp³-hybridized carbons (Fsp3) is 0.571. The lowest BCUT2D eigenvalue weighted by molar-refractivity contribution is -0.118. The molecule has 0 fully saturated rings. The molecule has 0 saturated heterocycles. The summed E-state index contributed by atoms with van der Waals surface area (Å²) in [6, 6.07) is 0. The van der Waals surface area contributed by atoms with E-state index in [0.717, 1.165) is 0 Å². The summed E-state index contributed by atoms with van der Waals surface area (Å²) < 4.78 is 0. The van der Waals surface area contributed by atoms with Gasteiger partial charge in [-0.3, -0.25) is 9.59 Å². The molecular formula is C14H18N6O2. The van der Waals surface area contributed by atoms with E-state index in [1.54, 1.807) is 41.5 Å². The van der Waals surface area contributed by atoms with Crippen LogP contribution in [0, 0.1) is 10.8 Å². The summed E-state index contributed by atoms with van der Waals surface area (Å²) in [6.07, 6.45) is 0. The number of carbonyl (C=O) groups is 2. The molecule has 0 bridgehead atoms. The first kappa shape index (κ1) is 17.5. The smallest absolute Gasteiger partial charge is 0.192 e. The molecule has 0 heterocycles. The Hall–Kier alpha value is -2.56. The van der Waals surface area contributed by atoms with Gasteiger partial charge in [-0.1, -0.05) is 51.8 Å². The maximum absolute atomic E-state index is 12.7. The van der Waals surface area contributed by atoms with Crippen LogP contribution in [-0.4, -0.2) is 11.6 Å². The average molecular weight is 302 g/mol. The molecule has 0 amide bonds. The second kappa shape index (κ2) is 5.67. The molecule has 0 N–H and O–H groups in total. The van der Waals surface area contributed by atoms with Crippen molar-refractivity contribution < 1.29 is 9.59 Å². The lowest BCUT2D eigenvalue weighted by Crippen LogP contribution is -2.33. The van der Waals surface area contributed by atoms with E-state index < -0.39 is 22.4 Å². The van der Waals surface area contributed by atoms with Crippen molar-refractivity contribution in [2.24, 2.45) is 21.1 Å². The molecule has 0 radical (unpaired) electrons. The molecule has 0 saturated carbocycles. The van der Waals surface area contributed by atoms with Crippen molar-refractivity contribution >= 4 is 11.6 Å². The molecule has 1 rings (SSSR count). The highest BCUT2D eigenvalue weighted by atomic mass is 16.1. The summed E-state index contributed by atoms with van der Waals surface area (Å²) in [5, 5.41) is 6.88. The number of rotatable bonds is 2. The summed E-state index contributed by atoms with van der Waals surface area (Å²) in [4.78, 5) is 30.8. The Kier molecular flexibility index (Phi) is 4.51. The molecule has 1 aliphatic carbocycles. The monoisotopic (exact) mass is 302 g/mol. The Morgan fingerprint density at radius 3 is 1.18 bits per heavy atom. The van der Waals surface area contributed by atoms with Crippen LogP contribution in [0.2, 0.25) is 0 Å². The van der Waals surface area contributed by atoms with Crippen LogP contribution in [0.4, 0.5) is 0 Å². The Morgan fingerprint density at radius 1 is 0.727 bits per heavy atom. The van der Waals surface area contributed by atoms with Gasteiger partial charge in [-0.15, -0.1) is 0 Å². The van der Waals surface area contributed by atoms with Crippen LogP contribution in [0.5, 0.6) is 0 Å². The Labute approximate surface area is 128 Å². The van der Waals surface area contributed by atoms with Crippen LogP contribution in [0.1, 0.15) is 41.5 Å². The largest absolute Gasteiger partial charge is 0.289 e. The highest BCUT2D eigenvalue weighted by molar-refractivity contribution is 6.25. The van der Waals surface area contributed by atoms with Crippen LogP contribution < -0.4 is 0 Å². The number of ketones is 2. The van der Waals surface area contributed by atoms with Gasteiger partial charge >= 0.3 is 0 Å². The van der Waals surface area contributed by atoms with Gasteiger partial charge in [0.15, 0.2) is 11.6 Å². The fourth-order valence-electron chi connectivity index (χ4n) is 2.35. The van der Waals surface area contributed by atoms with Gasteiger partial charge in [-0.05, 0) is 21.9 Å². The molecule has 116 valence electrons. The second-order valence-corrected chi connectivity index (χ2v) is 6.98. The zero-order valence-corrected chi connectivity index (χ0v) is 13.5. The van der Waals surface area contributed by atoms with E-state index in [0.29, 0.717) is 0 Å². The first-order valence-corrected chi connectivity index (χ1v) is 6.66. The van der Waals surface area contributed by atoms with Crippen molar-refractivity contribution in [2.45, 2.75) is 41.5 Å². The molecule has 0 spiro atoms. The molecule has 0 aliphatic heterocycles. The Balaban J connectivity index is 3.88. The summed E-state index contributed by atoms with van der Waals surface area (Å²) in [7, 11) is 0. The predicted molar refractivity (Wildman–Crippen MR) is 81.3 cm³/mol. The molecule has 8 heteroatoms. The maximum atomic E-state index is 12.7. The Bertz CT molecular complexity index is 641. The minimum atomic E-state index is -0.740. The number of azide groups is 2. The summed E-state index contributed by atoms with van der Waals surface area (Å²) in [6.45, 7) is 10.3. The number of Topliss-reactive ketones (excluding diaryl/α,β-unsaturated/α-hetero) is 2. The molecule has 22 heavy (non-hydrogen) atoms. The van der Waals surface area contributed by atoms with Crippen molar-refractivity contribution in [1.82, 2.24) is 0 Å². The van der Waals surface area contributed by atoms with Gasteiger partial charge in [0.25, 0.3) is 0 Å². The summed E-state index contributed by atoms with van der Waals surface area (Å²) in [5.74, 6) is -1.14. The van der Waals surface area contributed by atoms with Crippen LogP contribution in [-0.2, 0) is 9.59 Å². The van der Waals surface area contributed by atoms with Crippen molar-refractivity contribution in [1.29, 1.82) is 0 Å². The van der Waals surface area contributed by atoms with E-state index in [1.165, 1.54) is 0 Å². The maximum Gasteiger partial charge on any atom is 0.192 e. The van der Waals surface area contributed by atoms with E-state index >= 15 is 0 Å². The third kappa shape index (κ3) is 3.03.